The summed E-state index contributed by atoms with van der Waals surface area (Å²) >= 11 is 0. The number of aliphatic hydroxyl groups is 1. The molecule has 1 aliphatic carbocycles. The van der Waals surface area contributed by atoms with E-state index in [1.807, 2.05) is 0 Å². The molecule has 3 heteroatoms. The maximum Gasteiger partial charge on any atom is 0.216 e. The predicted molar refractivity (Wildman–Crippen MR) is 56.0 cm³/mol. The van der Waals surface area contributed by atoms with E-state index in [2.05, 4.69) is 5.32 Å². The fourth-order valence-corrected chi connectivity index (χ4v) is 1.59. The molecule has 0 saturated heterocycles. The fraction of sp³-hybridized carbons (Fsp3) is 0.909. The second-order valence-corrected chi connectivity index (χ2v) is 4.37. The van der Waals surface area contributed by atoms with Crippen molar-refractivity contribution < 1.29 is 9.90 Å². The second kappa shape index (κ2) is 5.35. The van der Waals surface area contributed by atoms with Crippen molar-refractivity contribution in [2.75, 3.05) is 6.54 Å². The van der Waals surface area contributed by atoms with Crippen molar-refractivity contribution in [2.24, 2.45) is 0 Å². The van der Waals surface area contributed by atoms with Crippen molar-refractivity contribution >= 4 is 5.91 Å². The molecule has 0 spiro atoms. The van der Waals surface area contributed by atoms with Crippen molar-refractivity contribution in [1.82, 2.24) is 5.32 Å². The highest BCUT2D eigenvalue weighted by Gasteiger charge is 2.38. The van der Waals surface area contributed by atoms with Gasteiger partial charge in [-0.15, -0.1) is 0 Å². The highest BCUT2D eigenvalue weighted by molar-refractivity contribution is 5.72. The number of amides is 1. The molecule has 0 unspecified atom stereocenters. The minimum absolute atomic E-state index is 0.0530. The van der Waals surface area contributed by atoms with Gasteiger partial charge in [-0.2, -0.15) is 0 Å². The fourth-order valence-electron chi connectivity index (χ4n) is 1.59. The first kappa shape index (κ1) is 11.5. The Kier molecular flexibility index (Phi) is 4.39. The number of hydrogen-bond donors (Lipinski definition) is 2. The van der Waals surface area contributed by atoms with E-state index in [0.29, 0.717) is 0 Å². The van der Waals surface area contributed by atoms with E-state index in [-0.39, 0.29) is 11.5 Å². The number of hydrogen-bond acceptors (Lipinski definition) is 2. The third-order valence-corrected chi connectivity index (χ3v) is 2.77. The molecule has 1 amide bonds. The Morgan fingerprint density at radius 1 is 1.29 bits per heavy atom. The Balaban J connectivity index is 1.78. The van der Waals surface area contributed by atoms with Gasteiger partial charge in [-0.05, 0) is 25.7 Å². The molecule has 14 heavy (non-hydrogen) atoms. The van der Waals surface area contributed by atoms with E-state index >= 15 is 0 Å². The van der Waals surface area contributed by atoms with E-state index in [1.54, 1.807) is 6.92 Å². The first-order chi connectivity index (χ1) is 6.62. The topological polar surface area (TPSA) is 49.3 Å². The van der Waals surface area contributed by atoms with E-state index in [0.717, 1.165) is 45.1 Å². The summed E-state index contributed by atoms with van der Waals surface area (Å²) in [7, 11) is 0. The summed E-state index contributed by atoms with van der Waals surface area (Å²) in [6.45, 7) is 2.34. The van der Waals surface area contributed by atoms with E-state index in [4.69, 9.17) is 0 Å². The molecule has 0 heterocycles. The quantitative estimate of drug-likeness (QED) is 0.612. The summed E-state index contributed by atoms with van der Waals surface area (Å²) in [6, 6.07) is 0. The molecule has 3 nitrogen and oxygen atoms in total. The summed E-state index contributed by atoms with van der Waals surface area (Å²) in [5, 5.41) is 12.3. The van der Waals surface area contributed by atoms with Crippen LogP contribution in [0.3, 0.4) is 0 Å². The highest BCUT2D eigenvalue weighted by Crippen LogP contribution is 2.39. The molecule has 1 rings (SSSR count). The Morgan fingerprint density at radius 3 is 2.50 bits per heavy atom. The summed E-state index contributed by atoms with van der Waals surface area (Å²) < 4.78 is 0. The van der Waals surface area contributed by atoms with E-state index in [1.165, 1.54) is 6.42 Å². The number of rotatable bonds is 7. The van der Waals surface area contributed by atoms with Crippen molar-refractivity contribution in [3.05, 3.63) is 0 Å². The van der Waals surface area contributed by atoms with Gasteiger partial charge in [0, 0.05) is 13.5 Å². The Bertz CT molecular complexity index is 188. The van der Waals surface area contributed by atoms with Gasteiger partial charge in [0.25, 0.3) is 0 Å². The molecule has 0 aromatic rings. The molecule has 1 aliphatic rings. The zero-order chi connectivity index (χ0) is 10.4. The molecule has 0 bridgehead atoms. The van der Waals surface area contributed by atoms with Crippen molar-refractivity contribution in [2.45, 2.75) is 57.5 Å². The summed E-state index contributed by atoms with van der Waals surface area (Å²) in [5.41, 5.74) is -0.280. The number of unbranched alkanes of at least 4 members (excludes halogenated alkanes) is 3. The largest absolute Gasteiger partial charge is 0.390 e. The molecule has 0 aromatic heterocycles. The van der Waals surface area contributed by atoms with Gasteiger partial charge in [-0.1, -0.05) is 19.3 Å². The third kappa shape index (κ3) is 5.22. The van der Waals surface area contributed by atoms with E-state index in [9.17, 15) is 9.90 Å². The van der Waals surface area contributed by atoms with E-state index < -0.39 is 0 Å². The lowest BCUT2D eigenvalue weighted by Gasteiger charge is -2.06. The minimum atomic E-state index is -0.280. The van der Waals surface area contributed by atoms with Gasteiger partial charge in [0.05, 0.1) is 5.60 Å². The number of carbonyl (C=O) groups excluding carboxylic acids is 1. The summed E-state index contributed by atoms with van der Waals surface area (Å²) in [5.74, 6) is 0.0530. The Labute approximate surface area is 85.9 Å². The average molecular weight is 199 g/mol. The van der Waals surface area contributed by atoms with Crippen LogP contribution in [-0.2, 0) is 4.79 Å². The molecule has 0 aliphatic heterocycles. The molecule has 2 N–H and O–H groups in total. The zero-order valence-corrected chi connectivity index (χ0v) is 9.01. The van der Waals surface area contributed by atoms with Crippen LogP contribution in [-0.4, -0.2) is 23.2 Å². The molecule has 1 fully saturated rings. The molecular weight excluding hydrogens is 178 g/mol. The van der Waals surface area contributed by atoms with Gasteiger partial charge in [0.1, 0.15) is 0 Å². The lowest BCUT2D eigenvalue weighted by molar-refractivity contribution is -0.118. The Morgan fingerprint density at radius 2 is 1.93 bits per heavy atom. The molecule has 0 atom stereocenters. The lowest BCUT2D eigenvalue weighted by atomic mass is 10.1. The van der Waals surface area contributed by atoms with Crippen LogP contribution in [0.5, 0.6) is 0 Å². The third-order valence-electron chi connectivity index (χ3n) is 2.77. The highest BCUT2D eigenvalue weighted by atomic mass is 16.3. The molecule has 0 radical (unpaired) electrons. The monoisotopic (exact) mass is 199 g/mol. The van der Waals surface area contributed by atoms with Crippen LogP contribution in [0.4, 0.5) is 0 Å². The average Bonchev–Trinajstić information content (AvgIpc) is 2.82. The van der Waals surface area contributed by atoms with Gasteiger partial charge >= 0.3 is 0 Å². The molecule has 1 saturated carbocycles. The number of nitrogens with one attached hydrogen (secondary N) is 1. The van der Waals surface area contributed by atoms with Gasteiger partial charge in [0.2, 0.25) is 5.91 Å². The van der Waals surface area contributed by atoms with Crippen LogP contribution < -0.4 is 5.32 Å². The maximum atomic E-state index is 10.5. The van der Waals surface area contributed by atoms with Crippen molar-refractivity contribution in [1.29, 1.82) is 0 Å². The second-order valence-electron chi connectivity index (χ2n) is 4.37. The Hall–Kier alpha value is -0.570. The molecule has 0 aromatic carbocycles. The molecule has 82 valence electrons. The smallest absolute Gasteiger partial charge is 0.216 e. The maximum absolute atomic E-state index is 10.5. The summed E-state index contributed by atoms with van der Waals surface area (Å²) in [4.78, 5) is 10.5. The SMILES string of the molecule is CC(=O)NCCCCCCC1(O)CC1. The van der Waals surface area contributed by atoms with Crippen LogP contribution in [0.1, 0.15) is 51.9 Å². The first-order valence-corrected chi connectivity index (χ1v) is 5.59. The molecular formula is C11H21NO2. The zero-order valence-electron chi connectivity index (χ0n) is 9.01. The van der Waals surface area contributed by atoms with Crippen LogP contribution in [0, 0.1) is 0 Å². The number of carbonyl (C=O) groups is 1. The standard InChI is InChI=1S/C11H21NO2/c1-10(13)12-9-5-3-2-4-6-11(14)7-8-11/h14H,2-9H2,1H3,(H,12,13). The lowest BCUT2D eigenvalue weighted by Crippen LogP contribution is -2.20. The normalized spacial score (nSPS) is 17.9. The van der Waals surface area contributed by atoms with Crippen molar-refractivity contribution in [3.63, 3.8) is 0 Å². The predicted octanol–water partition coefficient (Wildman–Crippen LogP) is 1.60. The van der Waals surface area contributed by atoms with Gasteiger partial charge < -0.3 is 10.4 Å². The van der Waals surface area contributed by atoms with Crippen LogP contribution in [0.25, 0.3) is 0 Å². The van der Waals surface area contributed by atoms with Crippen LogP contribution >= 0.6 is 0 Å². The first-order valence-electron chi connectivity index (χ1n) is 5.59. The van der Waals surface area contributed by atoms with Gasteiger partial charge in [-0.3, -0.25) is 4.79 Å². The van der Waals surface area contributed by atoms with Gasteiger partial charge in [-0.25, -0.2) is 0 Å². The summed E-state index contributed by atoms with van der Waals surface area (Å²) in [6.07, 6.45) is 7.46. The van der Waals surface area contributed by atoms with Crippen molar-refractivity contribution in [3.8, 4) is 0 Å². The van der Waals surface area contributed by atoms with Crippen LogP contribution in [0.15, 0.2) is 0 Å². The minimum Gasteiger partial charge on any atom is -0.390 e. The van der Waals surface area contributed by atoms with Crippen LogP contribution in [0.2, 0.25) is 0 Å². The van der Waals surface area contributed by atoms with Gasteiger partial charge in [0.15, 0.2) is 0 Å².